The lowest BCUT2D eigenvalue weighted by atomic mass is 10.2. The van der Waals surface area contributed by atoms with Gasteiger partial charge < -0.3 is 10.7 Å². The number of primary amides is 1. The molecule has 0 saturated heterocycles. The van der Waals surface area contributed by atoms with E-state index in [0.717, 1.165) is 5.39 Å². The van der Waals surface area contributed by atoms with Crippen molar-refractivity contribution in [1.29, 1.82) is 0 Å². The third kappa shape index (κ3) is 1.51. The molecule has 3 N–H and O–H groups in total. The fourth-order valence-electron chi connectivity index (χ4n) is 1.78. The van der Waals surface area contributed by atoms with Crippen LogP contribution in [0.25, 0.3) is 21.9 Å². The second-order valence-corrected chi connectivity index (χ2v) is 3.83. The highest BCUT2D eigenvalue weighted by Gasteiger charge is 2.09. The van der Waals surface area contributed by atoms with Crippen molar-refractivity contribution in [2.75, 3.05) is 0 Å². The summed E-state index contributed by atoms with van der Waals surface area (Å²) < 4.78 is 0. The van der Waals surface area contributed by atoms with E-state index >= 15 is 0 Å². The summed E-state index contributed by atoms with van der Waals surface area (Å²) in [6, 6.07) is 9.04. The van der Waals surface area contributed by atoms with Crippen LogP contribution in [0.5, 0.6) is 0 Å². The molecule has 2 aromatic heterocycles. The number of rotatable bonds is 1. The lowest BCUT2D eigenvalue weighted by Crippen LogP contribution is -2.21. The van der Waals surface area contributed by atoms with Crippen LogP contribution in [0.1, 0.15) is 10.6 Å². The summed E-state index contributed by atoms with van der Waals surface area (Å²) in [5.74, 6) is -0.973. The van der Waals surface area contributed by atoms with Crippen LogP contribution in [0.3, 0.4) is 0 Å². The molecule has 18 heavy (non-hydrogen) atoms. The maximum Gasteiger partial charge on any atom is 0.284 e. The molecule has 0 aliphatic rings. The first-order chi connectivity index (χ1) is 8.65. The Balaban J connectivity index is 2.46. The number of amides is 1. The number of nitrogens with one attached hydrogen (secondary N) is 1. The molecule has 0 saturated carbocycles. The van der Waals surface area contributed by atoms with Gasteiger partial charge in [-0.2, -0.15) is 0 Å². The number of hydrogen-bond acceptors (Lipinski definition) is 4. The van der Waals surface area contributed by atoms with Gasteiger partial charge in [-0.15, -0.1) is 0 Å². The van der Waals surface area contributed by atoms with E-state index in [9.17, 15) is 9.59 Å². The zero-order valence-corrected chi connectivity index (χ0v) is 9.18. The van der Waals surface area contributed by atoms with E-state index in [2.05, 4.69) is 15.0 Å². The number of carbonyl (C=O) groups is 1. The fraction of sp³-hybridized carbons (Fsp3) is 0. The Morgan fingerprint density at radius 2 is 2.00 bits per heavy atom. The van der Waals surface area contributed by atoms with Crippen LogP contribution in [0.2, 0.25) is 0 Å². The molecule has 3 rings (SSSR count). The molecule has 0 radical (unpaired) electrons. The van der Waals surface area contributed by atoms with E-state index in [0.29, 0.717) is 10.9 Å². The van der Waals surface area contributed by atoms with Crippen LogP contribution in [0.15, 0.2) is 35.1 Å². The minimum Gasteiger partial charge on any atom is -0.363 e. The number of aromatic amines is 1. The molecule has 0 spiro atoms. The number of H-pyrrole nitrogens is 1. The molecule has 88 valence electrons. The second kappa shape index (κ2) is 3.63. The Hall–Kier alpha value is -2.76. The topological polar surface area (TPSA) is 102 Å². The maximum atomic E-state index is 11.8. The molecule has 0 unspecified atom stereocenters. The quantitative estimate of drug-likeness (QED) is 0.607. The van der Waals surface area contributed by atoms with Crippen LogP contribution in [-0.2, 0) is 0 Å². The molecule has 6 nitrogen and oxygen atoms in total. The summed E-state index contributed by atoms with van der Waals surface area (Å²) in [4.78, 5) is 33.3. The molecule has 0 aliphatic carbocycles. The predicted octanol–water partition coefficient (Wildman–Crippen LogP) is 0.570. The number of nitrogens with two attached hydrogens (primary N) is 1. The lowest BCUT2D eigenvalue weighted by Gasteiger charge is -2.01. The van der Waals surface area contributed by atoms with E-state index in [1.54, 1.807) is 6.07 Å². The number of benzene rings is 1. The number of aromatic nitrogens is 3. The summed E-state index contributed by atoms with van der Waals surface area (Å²) in [6.45, 7) is 0. The molecular formula is C12H8N4O2. The van der Waals surface area contributed by atoms with Crippen molar-refractivity contribution in [3.63, 3.8) is 0 Å². The van der Waals surface area contributed by atoms with Crippen LogP contribution >= 0.6 is 0 Å². The van der Waals surface area contributed by atoms with E-state index in [4.69, 9.17) is 5.73 Å². The van der Waals surface area contributed by atoms with Crippen LogP contribution in [0, 0.1) is 0 Å². The first-order valence-electron chi connectivity index (χ1n) is 5.25. The predicted molar refractivity (Wildman–Crippen MR) is 66.2 cm³/mol. The molecule has 6 heteroatoms. The summed E-state index contributed by atoms with van der Waals surface area (Å²) in [7, 11) is 0. The molecular weight excluding hydrogens is 232 g/mol. The molecule has 1 aromatic carbocycles. The Morgan fingerprint density at radius 1 is 1.22 bits per heavy atom. The van der Waals surface area contributed by atoms with Crippen LogP contribution < -0.4 is 11.3 Å². The standard InChI is InChI=1S/C12H8N4O2/c13-9(17)11-15-10-7(12(18)16-11)5-6-3-1-2-4-8(6)14-10/h1-5H,(H2,13,17)(H,14,15,16,18). The monoisotopic (exact) mass is 240 g/mol. The largest absolute Gasteiger partial charge is 0.363 e. The lowest BCUT2D eigenvalue weighted by molar-refractivity contribution is 0.0990. The molecule has 0 fully saturated rings. The minimum atomic E-state index is -0.788. The van der Waals surface area contributed by atoms with Crippen LogP contribution in [0.4, 0.5) is 0 Å². The molecule has 2 heterocycles. The van der Waals surface area contributed by atoms with Crippen molar-refractivity contribution in [2.24, 2.45) is 5.73 Å². The molecule has 1 amide bonds. The van der Waals surface area contributed by atoms with Crippen molar-refractivity contribution >= 4 is 27.8 Å². The van der Waals surface area contributed by atoms with Gasteiger partial charge in [-0.05, 0) is 12.1 Å². The highest BCUT2D eigenvalue weighted by atomic mass is 16.2. The van der Waals surface area contributed by atoms with Gasteiger partial charge in [-0.25, -0.2) is 9.97 Å². The number of para-hydroxylation sites is 1. The van der Waals surface area contributed by atoms with Gasteiger partial charge in [0.1, 0.15) is 0 Å². The number of pyridine rings is 1. The SMILES string of the molecule is NC(=O)c1nc2nc3ccccc3cc2c(=O)[nH]1. The van der Waals surface area contributed by atoms with Gasteiger partial charge in [-0.3, -0.25) is 9.59 Å². The number of fused-ring (bicyclic) bond motifs is 2. The van der Waals surface area contributed by atoms with Gasteiger partial charge in [0, 0.05) is 5.39 Å². The van der Waals surface area contributed by atoms with Crippen molar-refractivity contribution in [1.82, 2.24) is 15.0 Å². The van der Waals surface area contributed by atoms with E-state index in [1.165, 1.54) is 0 Å². The second-order valence-electron chi connectivity index (χ2n) is 3.83. The Kier molecular flexibility index (Phi) is 2.09. The zero-order chi connectivity index (χ0) is 12.7. The van der Waals surface area contributed by atoms with Gasteiger partial charge in [0.2, 0.25) is 5.82 Å². The van der Waals surface area contributed by atoms with E-state index < -0.39 is 11.5 Å². The van der Waals surface area contributed by atoms with E-state index in [-0.39, 0.29) is 11.5 Å². The van der Waals surface area contributed by atoms with Crippen molar-refractivity contribution in [3.8, 4) is 0 Å². The maximum absolute atomic E-state index is 11.8. The van der Waals surface area contributed by atoms with Gasteiger partial charge in [0.25, 0.3) is 11.5 Å². The normalized spacial score (nSPS) is 10.9. The highest BCUT2D eigenvalue weighted by Crippen LogP contribution is 2.15. The Labute approximate surface area is 100 Å². The van der Waals surface area contributed by atoms with Crippen molar-refractivity contribution in [2.45, 2.75) is 0 Å². The Bertz CT molecular complexity index is 838. The Morgan fingerprint density at radius 3 is 2.78 bits per heavy atom. The van der Waals surface area contributed by atoms with Gasteiger partial charge in [0.15, 0.2) is 5.65 Å². The smallest absolute Gasteiger partial charge is 0.284 e. The van der Waals surface area contributed by atoms with Gasteiger partial charge in [0.05, 0.1) is 10.9 Å². The average Bonchev–Trinajstić information content (AvgIpc) is 2.36. The minimum absolute atomic E-state index is 0.185. The third-order valence-electron chi connectivity index (χ3n) is 2.63. The first kappa shape index (κ1) is 10.4. The van der Waals surface area contributed by atoms with Crippen LogP contribution in [-0.4, -0.2) is 20.9 Å². The first-order valence-corrected chi connectivity index (χ1v) is 5.25. The summed E-state index contributed by atoms with van der Waals surface area (Å²) >= 11 is 0. The van der Waals surface area contributed by atoms with Gasteiger partial charge >= 0.3 is 0 Å². The number of nitrogens with zero attached hydrogens (tertiary/aromatic N) is 2. The average molecular weight is 240 g/mol. The summed E-state index contributed by atoms with van der Waals surface area (Å²) in [6.07, 6.45) is 0. The summed E-state index contributed by atoms with van der Waals surface area (Å²) in [5.41, 5.74) is 5.58. The molecule has 0 bridgehead atoms. The third-order valence-corrected chi connectivity index (χ3v) is 2.63. The highest BCUT2D eigenvalue weighted by molar-refractivity contribution is 5.93. The zero-order valence-electron chi connectivity index (χ0n) is 9.18. The van der Waals surface area contributed by atoms with E-state index in [1.807, 2.05) is 24.3 Å². The number of carbonyl (C=O) groups excluding carboxylic acids is 1. The fourth-order valence-corrected chi connectivity index (χ4v) is 1.78. The van der Waals surface area contributed by atoms with Crippen molar-refractivity contribution < 1.29 is 4.79 Å². The molecule has 3 aromatic rings. The molecule has 0 aliphatic heterocycles. The molecule has 0 atom stereocenters. The van der Waals surface area contributed by atoms with Gasteiger partial charge in [-0.1, -0.05) is 18.2 Å². The summed E-state index contributed by atoms with van der Waals surface area (Å²) in [5, 5.41) is 1.17. The van der Waals surface area contributed by atoms with Crippen molar-refractivity contribution in [3.05, 3.63) is 46.5 Å². The number of hydrogen-bond donors (Lipinski definition) is 2.